The summed E-state index contributed by atoms with van der Waals surface area (Å²) in [5.74, 6) is 0. The molecule has 1 rings (SSSR count). The van der Waals surface area contributed by atoms with Gasteiger partial charge < -0.3 is 4.74 Å². The minimum atomic E-state index is -0.109. The molecule has 0 aliphatic rings. The van der Waals surface area contributed by atoms with Crippen LogP contribution < -0.4 is 0 Å². The van der Waals surface area contributed by atoms with Crippen LogP contribution in [0.25, 0.3) is 0 Å². The summed E-state index contributed by atoms with van der Waals surface area (Å²) >= 11 is 0. The molecule has 0 N–H and O–H groups in total. The summed E-state index contributed by atoms with van der Waals surface area (Å²) in [6.45, 7) is 5.00. The molecule has 2 heteroatoms. The molecule has 1 aromatic carbocycles. The number of ether oxygens (including phenoxy) is 1. The largest absolute Gasteiger partial charge is 0.467 e. The summed E-state index contributed by atoms with van der Waals surface area (Å²) in [6, 6.07) is 10.0. The molecule has 13 heavy (non-hydrogen) atoms. The highest BCUT2D eigenvalue weighted by atomic mass is 16.5. The molecule has 0 spiro atoms. The third-order valence-electron chi connectivity index (χ3n) is 2.07. The van der Waals surface area contributed by atoms with Crippen LogP contribution in [0.2, 0.25) is 0 Å². The average Bonchev–Trinajstić information content (AvgIpc) is 2.16. The first-order valence-electron chi connectivity index (χ1n) is 4.27. The average molecular weight is 178 g/mol. The monoisotopic (exact) mass is 178 g/mol. The maximum Gasteiger partial charge on any atom is 0.293 e. The first-order chi connectivity index (χ1) is 6.17. The fourth-order valence-corrected chi connectivity index (χ4v) is 1.22. The standard InChI is InChI=1S/C11H14O2/c1-11(2,8-13-9-12)10-6-4-3-5-7-10/h3-7,9H,8H2,1-2H3. The van der Waals surface area contributed by atoms with Crippen molar-refractivity contribution < 1.29 is 9.53 Å². The number of rotatable bonds is 4. The van der Waals surface area contributed by atoms with Crippen molar-refractivity contribution in [3.63, 3.8) is 0 Å². The van der Waals surface area contributed by atoms with E-state index >= 15 is 0 Å². The smallest absolute Gasteiger partial charge is 0.293 e. The van der Waals surface area contributed by atoms with Gasteiger partial charge in [0.05, 0.1) is 0 Å². The Morgan fingerprint density at radius 1 is 1.31 bits per heavy atom. The zero-order valence-electron chi connectivity index (χ0n) is 7.99. The van der Waals surface area contributed by atoms with Gasteiger partial charge in [-0.1, -0.05) is 44.2 Å². The van der Waals surface area contributed by atoms with Crippen LogP contribution in [0.4, 0.5) is 0 Å². The normalized spacial score (nSPS) is 10.9. The van der Waals surface area contributed by atoms with Crippen LogP contribution in [0.1, 0.15) is 19.4 Å². The predicted molar refractivity (Wildman–Crippen MR) is 51.5 cm³/mol. The zero-order valence-corrected chi connectivity index (χ0v) is 7.99. The Kier molecular flexibility index (Phi) is 3.07. The van der Waals surface area contributed by atoms with Crippen molar-refractivity contribution in [1.29, 1.82) is 0 Å². The molecule has 0 radical (unpaired) electrons. The van der Waals surface area contributed by atoms with E-state index in [2.05, 4.69) is 0 Å². The molecular weight excluding hydrogens is 164 g/mol. The predicted octanol–water partition coefficient (Wildman–Crippen LogP) is 2.14. The summed E-state index contributed by atoms with van der Waals surface area (Å²) < 4.78 is 4.77. The van der Waals surface area contributed by atoms with E-state index in [9.17, 15) is 4.79 Å². The summed E-state index contributed by atoms with van der Waals surface area (Å²) in [4.78, 5) is 10.1. The van der Waals surface area contributed by atoms with E-state index in [4.69, 9.17) is 4.74 Å². The third-order valence-corrected chi connectivity index (χ3v) is 2.07. The van der Waals surface area contributed by atoms with Crippen molar-refractivity contribution in [2.24, 2.45) is 0 Å². The Hall–Kier alpha value is -1.31. The highest BCUT2D eigenvalue weighted by Crippen LogP contribution is 2.22. The van der Waals surface area contributed by atoms with Gasteiger partial charge in [0.1, 0.15) is 6.61 Å². The summed E-state index contributed by atoms with van der Waals surface area (Å²) in [5, 5.41) is 0. The molecular formula is C11H14O2. The Balaban J connectivity index is 2.74. The topological polar surface area (TPSA) is 26.3 Å². The molecule has 0 bridgehead atoms. The van der Waals surface area contributed by atoms with Crippen LogP contribution in [-0.2, 0) is 14.9 Å². The maximum absolute atomic E-state index is 10.1. The highest BCUT2D eigenvalue weighted by molar-refractivity contribution is 5.37. The lowest BCUT2D eigenvalue weighted by molar-refractivity contribution is -0.130. The van der Waals surface area contributed by atoms with Crippen molar-refractivity contribution in [2.75, 3.05) is 6.61 Å². The van der Waals surface area contributed by atoms with Crippen molar-refractivity contribution in [1.82, 2.24) is 0 Å². The lowest BCUT2D eigenvalue weighted by atomic mass is 9.86. The van der Waals surface area contributed by atoms with Crippen molar-refractivity contribution >= 4 is 6.47 Å². The van der Waals surface area contributed by atoms with Crippen LogP contribution in [-0.4, -0.2) is 13.1 Å². The molecule has 0 fully saturated rings. The molecule has 0 aliphatic heterocycles. The lowest BCUT2D eigenvalue weighted by Gasteiger charge is -2.23. The minimum absolute atomic E-state index is 0.109. The van der Waals surface area contributed by atoms with Crippen LogP contribution in [0.15, 0.2) is 30.3 Å². The number of hydrogen-bond donors (Lipinski definition) is 0. The van der Waals surface area contributed by atoms with E-state index in [1.165, 1.54) is 5.56 Å². The van der Waals surface area contributed by atoms with E-state index in [-0.39, 0.29) is 5.41 Å². The molecule has 0 saturated carbocycles. The zero-order chi connectivity index (χ0) is 9.73. The second-order valence-corrected chi connectivity index (χ2v) is 3.66. The Morgan fingerprint density at radius 3 is 2.46 bits per heavy atom. The van der Waals surface area contributed by atoms with Crippen LogP contribution in [0, 0.1) is 0 Å². The fourth-order valence-electron chi connectivity index (χ4n) is 1.22. The molecule has 0 unspecified atom stereocenters. The van der Waals surface area contributed by atoms with Gasteiger partial charge >= 0.3 is 0 Å². The van der Waals surface area contributed by atoms with E-state index < -0.39 is 0 Å². The summed E-state index contributed by atoms with van der Waals surface area (Å²) in [6.07, 6.45) is 0. The van der Waals surface area contributed by atoms with Gasteiger partial charge in [0.15, 0.2) is 0 Å². The molecule has 0 atom stereocenters. The van der Waals surface area contributed by atoms with E-state index in [0.29, 0.717) is 13.1 Å². The minimum Gasteiger partial charge on any atom is -0.467 e. The molecule has 0 aliphatic carbocycles. The van der Waals surface area contributed by atoms with Gasteiger partial charge in [-0.15, -0.1) is 0 Å². The van der Waals surface area contributed by atoms with Gasteiger partial charge in [0, 0.05) is 5.41 Å². The van der Waals surface area contributed by atoms with Crippen molar-refractivity contribution in [3.8, 4) is 0 Å². The van der Waals surface area contributed by atoms with E-state index in [1.807, 2.05) is 44.2 Å². The first kappa shape index (κ1) is 9.78. The van der Waals surface area contributed by atoms with Crippen LogP contribution in [0.5, 0.6) is 0 Å². The SMILES string of the molecule is CC(C)(COC=O)c1ccccc1. The molecule has 0 amide bonds. The van der Waals surface area contributed by atoms with E-state index in [1.54, 1.807) is 0 Å². The quantitative estimate of drug-likeness (QED) is 0.660. The van der Waals surface area contributed by atoms with Crippen LogP contribution in [0.3, 0.4) is 0 Å². The molecule has 2 nitrogen and oxygen atoms in total. The Bertz CT molecular complexity index is 265. The highest BCUT2D eigenvalue weighted by Gasteiger charge is 2.20. The lowest BCUT2D eigenvalue weighted by Crippen LogP contribution is -2.23. The molecule has 0 aromatic heterocycles. The van der Waals surface area contributed by atoms with Gasteiger partial charge in [-0.05, 0) is 5.56 Å². The van der Waals surface area contributed by atoms with Crippen LogP contribution >= 0.6 is 0 Å². The number of carbonyl (C=O) groups excluding carboxylic acids is 1. The van der Waals surface area contributed by atoms with Crippen molar-refractivity contribution in [3.05, 3.63) is 35.9 Å². The third kappa shape index (κ3) is 2.58. The van der Waals surface area contributed by atoms with Gasteiger partial charge in [0.25, 0.3) is 6.47 Å². The molecule has 0 heterocycles. The fraction of sp³-hybridized carbons (Fsp3) is 0.364. The van der Waals surface area contributed by atoms with Gasteiger partial charge in [-0.3, -0.25) is 4.79 Å². The molecule has 1 aromatic rings. The molecule has 0 saturated heterocycles. The Morgan fingerprint density at radius 2 is 1.92 bits per heavy atom. The van der Waals surface area contributed by atoms with E-state index in [0.717, 1.165) is 0 Å². The second-order valence-electron chi connectivity index (χ2n) is 3.66. The maximum atomic E-state index is 10.1. The number of hydrogen-bond acceptors (Lipinski definition) is 2. The second kappa shape index (κ2) is 4.08. The molecule has 70 valence electrons. The summed E-state index contributed by atoms with van der Waals surface area (Å²) in [7, 11) is 0. The number of carbonyl (C=O) groups is 1. The van der Waals surface area contributed by atoms with Gasteiger partial charge in [-0.25, -0.2) is 0 Å². The van der Waals surface area contributed by atoms with Gasteiger partial charge in [0.2, 0.25) is 0 Å². The summed E-state index contributed by atoms with van der Waals surface area (Å²) in [5.41, 5.74) is 1.07. The Labute approximate surface area is 78.5 Å². The van der Waals surface area contributed by atoms with Crippen molar-refractivity contribution in [2.45, 2.75) is 19.3 Å². The number of benzene rings is 1. The van der Waals surface area contributed by atoms with Gasteiger partial charge in [-0.2, -0.15) is 0 Å². The first-order valence-corrected chi connectivity index (χ1v) is 4.27.